The van der Waals surface area contributed by atoms with Crippen LogP contribution in [0.25, 0.3) is 0 Å². The molecule has 1 rings (SSSR count). The summed E-state index contributed by atoms with van der Waals surface area (Å²) < 4.78 is 0. The SMILES string of the molecule is CC(C)C1(C)CCCCC(C)(C)CCC1. The van der Waals surface area contributed by atoms with Crippen molar-refractivity contribution in [1.82, 2.24) is 0 Å². The van der Waals surface area contributed by atoms with Crippen LogP contribution in [0.3, 0.4) is 0 Å². The Kier molecular flexibility index (Phi) is 4.26. The lowest BCUT2D eigenvalue weighted by Crippen LogP contribution is -2.23. The summed E-state index contributed by atoms with van der Waals surface area (Å²) in [5.41, 5.74) is 1.21. The van der Waals surface area contributed by atoms with Gasteiger partial charge in [0.1, 0.15) is 0 Å². The summed E-state index contributed by atoms with van der Waals surface area (Å²) in [5.74, 6) is 0.846. The molecule has 90 valence electrons. The van der Waals surface area contributed by atoms with Crippen molar-refractivity contribution in [2.75, 3.05) is 0 Å². The van der Waals surface area contributed by atoms with Crippen LogP contribution in [0, 0.1) is 16.7 Å². The van der Waals surface area contributed by atoms with Crippen LogP contribution in [0.1, 0.15) is 79.6 Å². The molecule has 1 fully saturated rings. The van der Waals surface area contributed by atoms with Gasteiger partial charge in [-0.2, -0.15) is 0 Å². The van der Waals surface area contributed by atoms with E-state index in [1.54, 1.807) is 0 Å². The minimum Gasteiger partial charge on any atom is -0.0623 e. The Hall–Kier alpha value is 0. The minimum absolute atomic E-state index is 0.599. The van der Waals surface area contributed by atoms with Crippen molar-refractivity contribution in [3.05, 3.63) is 0 Å². The number of hydrogen-bond donors (Lipinski definition) is 0. The van der Waals surface area contributed by atoms with Gasteiger partial charge in [-0.25, -0.2) is 0 Å². The zero-order chi connectivity index (χ0) is 11.5. The maximum absolute atomic E-state index is 2.51. The Morgan fingerprint density at radius 3 is 1.80 bits per heavy atom. The Balaban J connectivity index is 2.60. The van der Waals surface area contributed by atoms with Crippen LogP contribution in [0.2, 0.25) is 0 Å². The molecule has 0 nitrogen and oxygen atoms in total. The molecule has 0 heterocycles. The molecule has 1 unspecified atom stereocenters. The van der Waals surface area contributed by atoms with E-state index in [4.69, 9.17) is 0 Å². The lowest BCUT2D eigenvalue weighted by molar-refractivity contribution is 0.171. The first-order chi connectivity index (χ1) is 6.86. The minimum atomic E-state index is 0.599. The Labute approximate surface area is 96.8 Å². The van der Waals surface area contributed by atoms with Crippen LogP contribution in [-0.4, -0.2) is 0 Å². The molecule has 0 radical (unpaired) electrons. The lowest BCUT2D eigenvalue weighted by atomic mass is 9.72. The third-order valence-electron chi connectivity index (χ3n) is 4.85. The first kappa shape index (κ1) is 13.1. The Bertz CT molecular complexity index is 190. The van der Waals surface area contributed by atoms with Crippen molar-refractivity contribution in [3.63, 3.8) is 0 Å². The van der Waals surface area contributed by atoms with Crippen molar-refractivity contribution in [2.24, 2.45) is 16.7 Å². The van der Waals surface area contributed by atoms with E-state index in [0.717, 1.165) is 5.92 Å². The maximum atomic E-state index is 2.51. The average molecular weight is 210 g/mol. The highest BCUT2D eigenvalue weighted by Gasteiger charge is 2.30. The van der Waals surface area contributed by atoms with Gasteiger partial charge in [0.15, 0.2) is 0 Å². The molecule has 0 aliphatic heterocycles. The standard InChI is InChI=1S/C15H30/c1-13(2)15(5)11-7-6-9-14(3,4)10-8-12-15/h13H,6-12H2,1-5H3. The maximum Gasteiger partial charge on any atom is -0.0303 e. The smallest absolute Gasteiger partial charge is 0.0303 e. The van der Waals surface area contributed by atoms with Gasteiger partial charge in [-0.3, -0.25) is 0 Å². The van der Waals surface area contributed by atoms with Crippen molar-refractivity contribution < 1.29 is 0 Å². The molecule has 1 atom stereocenters. The van der Waals surface area contributed by atoms with E-state index < -0.39 is 0 Å². The molecule has 0 N–H and O–H groups in total. The van der Waals surface area contributed by atoms with Gasteiger partial charge in [0.05, 0.1) is 0 Å². The van der Waals surface area contributed by atoms with Gasteiger partial charge in [-0.05, 0) is 42.4 Å². The molecule has 0 amide bonds. The largest absolute Gasteiger partial charge is 0.0623 e. The second kappa shape index (κ2) is 4.89. The lowest BCUT2D eigenvalue weighted by Gasteiger charge is -2.34. The van der Waals surface area contributed by atoms with Crippen LogP contribution >= 0.6 is 0 Å². The third kappa shape index (κ3) is 3.81. The van der Waals surface area contributed by atoms with Gasteiger partial charge in [-0.15, -0.1) is 0 Å². The molecule has 0 spiro atoms. The van der Waals surface area contributed by atoms with E-state index >= 15 is 0 Å². The van der Waals surface area contributed by atoms with Gasteiger partial charge in [-0.1, -0.05) is 53.9 Å². The van der Waals surface area contributed by atoms with E-state index in [1.807, 2.05) is 0 Å². The average Bonchev–Trinajstić information content (AvgIpc) is 2.17. The van der Waals surface area contributed by atoms with Gasteiger partial charge < -0.3 is 0 Å². The third-order valence-corrected chi connectivity index (χ3v) is 4.85. The van der Waals surface area contributed by atoms with E-state index in [2.05, 4.69) is 34.6 Å². The van der Waals surface area contributed by atoms with Crippen LogP contribution in [0.4, 0.5) is 0 Å². The molecule has 0 saturated heterocycles. The molecule has 0 bridgehead atoms. The molecule has 1 saturated carbocycles. The highest BCUT2D eigenvalue weighted by Crippen LogP contribution is 2.42. The fourth-order valence-corrected chi connectivity index (χ4v) is 2.93. The van der Waals surface area contributed by atoms with Crippen molar-refractivity contribution in [2.45, 2.75) is 79.6 Å². The zero-order valence-electron chi connectivity index (χ0n) is 11.5. The van der Waals surface area contributed by atoms with Gasteiger partial charge in [0.2, 0.25) is 0 Å². The number of hydrogen-bond acceptors (Lipinski definition) is 0. The van der Waals surface area contributed by atoms with Crippen molar-refractivity contribution >= 4 is 0 Å². The normalized spacial score (nSPS) is 33.2. The zero-order valence-corrected chi connectivity index (χ0v) is 11.5. The topological polar surface area (TPSA) is 0 Å². The van der Waals surface area contributed by atoms with Crippen LogP contribution in [0.5, 0.6) is 0 Å². The highest BCUT2D eigenvalue weighted by molar-refractivity contribution is 4.81. The monoisotopic (exact) mass is 210 g/mol. The molecule has 0 heteroatoms. The molecule has 1 aliphatic carbocycles. The second-order valence-corrected chi connectivity index (χ2v) is 7.03. The van der Waals surface area contributed by atoms with E-state index in [0.29, 0.717) is 10.8 Å². The molecule has 1 aliphatic rings. The first-order valence-corrected chi connectivity index (χ1v) is 6.86. The molecule has 0 aromatic heterocycles. The Morgan fingerprint density at radius 2 is 1.20 bits per heavy atom. The van der Waals surface area contributed by atoms with E-state index in [1.165, 1.54) is 44.9 Å². The summed E-state index contributed by atoms with van der Waals surface area (Å²) in [4.78, 5) is 0. The summed E-state index contributed by atoms with van der Waals surface area (Å²) in [6.45, 7) is 12.2. The van der Waals surface area contributed by atoms with Crippen LogP contribution < -0.4 is 0 Å². The number of rotatable bonds is 1. The van der Waals surface area contributed by atoms with Gasteiger partial charge in [0, 0.05) is 0 Å². The van der Waals surface area contributed by atoms with Crippen molar-refractivity contribution in [3.8, 4) is 0 Å². The van der Waals surface area contributed by atoms with Crippen molar-refractivity contribution in [1.29, 1.82) is 0 Å². The highest BCUT2D eigenvalue weighted by atomic mass is 14.4. The molecular formula is C15H30. The van der Waals surface area contributed by atoms with E-state index in [-0.39, 0.29) is 0 Å². The first-order valence-electron chi connectivity index (χ1n) is 6.86. The Morgan fingerprint density at radius 1 is 0.733 bits per heavy atom. The van der Waals surface area contributed by atoms with Crippen LogP contribution in [0.15, 0.2) is 0 Å². The van der Waals surface area contributed by atoms with Gasteiger partial charge >= 0.3 is 0 Å². The second-order valence-electron chi connectivity index (χ2n) is 7.03. The summed E-state index contributed by atoms with van der Waals surface area (Å²) in [7, 11) is 0. The molecule has 15 heavy (non-hydrogen) atoms. The predicted molar refractivity (Wildman–Crippen MR) is 69.0 cm³/mol. The summed E-state index contributed by atoms with van der Waals surface area (Å²) in [6, 6.07) is 0. The predicted octanol–water partition coefficient (Wildman–Crippen LogP) is 5.42. The summed E-state index contributed by atoms with van der Waals surface area (Å²) in [5, 5.41) is 0. The fourth-order valence-electron chi connectivity index (χ4n) is 2.93. The van der Waals surface area contributed by atoms with Gasteiger partial charge in [0.25, 0.3) is 0 Å². The van der Waals surface area contributed by atoms with Crippen LogP contribution in [-0.2, 0) is 0 Å². The molecule has 0 aromatic rings. The quantitative estimate of drug-likeness (QED) is 0.542. The molecular weight excluding hydrogens is 180 g/mol. The molecule has 0 aromatic carbocycles. The summed E-state index contributed by atoms with van der Waals surface area (Å²) >= 11 is 0. The summed E-state index contributed by atoms with van der Waals surface area (Å²) in [6.07, 6.45) is 10.1. The van der Waals surface area contributed by atoms with E-state index in [9.17, 15) is 0 Å². The fraction of sp³-hybridized carbons (Fsp3) is 1.00.